The predicted octanol–water partition coefficient (Wildman–Crippen LogP) is 2.18. The first kappa shape index (κ1) is 11.7. The predicted molar refractivity (Wildman–Crippen MR) is 57.3 cm³/mol. The van der Waals surface area contributed by atoms with Gasteiger partial charge in [0, 0.05) is 11.1 Å². The average molecular weight is 208 g/mol. The highest BCUT2D eigenvalue weighted by Gasteiger charge is 2.25. The van der Waals surface area contributed by atoms with E-state index in [1.807, 2.05) is 0 Å². The van der Waals surface area contributed by atoms with Crippen LogP contribution in [0.25, 0.3) is 0 Å². The molecule has 0 saturated heterocycles. The number of allylic oxidation sites excluding steroid dienone is 3. The number of ketones is 2. The molecule has 0 N–H and O–H groups in total. The molecule has 1 aliphatic carbocycles. The lowest BCUT2D eigenvalue weighted by Gasteiger charge is -2.15. The number of methoxy groups -OCH3 is 1. The lowest BCUT2D eigenvalue weighted by atomic mass is 9.92. The van der Waals surface area contributed by atoms with Crippen molar-refractivity contribution in [1.29, 1.82) is 0 Å². The van der Waals surface area contributed by atoms with E-state index in [4.69, 9.17) is 4.74 Å². The molecule has 82 valence electrons. The molecule has 0 saturated carbocycles. The van der Waals surface area contributed by atoms with E-state index in [0.717, 1.165) is 12.8 Å². The topological polar surface area (TPSA) is 43.4 Å². The number of hydrogen-bond donors (Lipinski definition) is 0. The molecule has 0 spiro atoms. The lowest BCUT2D eigenvalue weighted by molar-refractivity contribution is -0.118. The number of carbonyl (C=O) groups excluding carboxylic acids is 2. The van der Waals surface area contributed by atoms with E-state index in [1.165, 1.54) is 13.2 Å². The van der Waals surface area contributed by atoms with E-state index in [-0.39, 0.29) is 17.3 Å². The highest BCUT2D eigenvalue weighted by atomic mass is 16.5. The smallest absolute Gasteiger partial charge is 0.221 e. The monoisotopic (exact) mass is 208 g/mol. The second kappa shape index (κ2) is 4.91. The van der Waals surface area contributed by atoms with Crippen molar-refractivity contribution >= 4 is 11.6 Å². The van der Waals surface area contributed by atoms with Crippen molar-refractivity contribution in [2.75, 3.05) is 7.11 Å². The Morgan fingerprint density at radius 2 is 2.00 bits per heavy atom. The number of ether oxygens (including phenoxy) is 1. The summed E-state index contributed by atoms with van der Waals surface area (Å²) in [5.41, 5.74) is 1.04. The van der Waals surface area contributed by atoms with Gasteiger partial charge in [0.25, 0.3) is 0 Å². The molecule has 0 amide bonds. The molecule has 3 heteroatoms. The summed E-state index contributed by atoms with van der Waals surface area (Å²) in [5, 5.41) is 0. The van der Waals surface area contributed by atoms with Crippen LogP contribution in [0.2, 0.25) is 0 Å². The van der Waals surface area contributed by atoms with Crippen LogP contribution in [0.5, 0.6) is 0 Å². The molecule has 0 aromatic carbocycles. The van der Waals surface area contributed by atoms with E-state index in [0.29, 0.717) is 17.6 Å². The summed E-state index contributed by atoms with van der Waals surface area (Å²) in [5.74, 6) is -0.0687. The van der Waals surface area contributed by atoms with Gasteiger partial charge in [0.15, 0.2) is 11.5 Å². The summed E-state index contributed by atoms with van der Waals surface area (Å²) in [4.78, 5) is 23.3. The van der Waals surface area contributed by atoms with Crippen LogP contribution in [-0.2, 0) is 14.3 Å². The van der Waals surface area contributed by atoms with Crippen LogP contribution in [-0.4, -0.2) is 18.7 Å². The van der Waals surface area contributed by atoms with E-state index in [1.54, 1.807) is 6.92 Å². The molecule has 15 heavy (non-hydrogen) atoms. The van der Waals surface area contributed by atoms with Crippen LogP contribution >= 0.6 is 0 Å². The summed E-state index contributed by atoms with van der Waals surface area (Å²) in [7, 11) is 1.41. The summed E-state index contributed by atoms with van der Waals surface area (Å²) in [6.07, 6.45) is 4.03. The maximum absolute atomic E-state index is 11.8. The van der Waals surface area contributed by atoms with Gasteiger partial charge in [-0.3, -0.25) is 9.59 Å². The third-order valence-corrected chi connectivity index (χ3v) is 2.51. The Bertz CT molecular complexity index is 348. The first-order valence-electron chi connectivity index (χ1n) is 5.16. The highest BCUT2D eigenvalue weighted by molar-refractivity contribution is 6.21. The number of carbonyl (C=O) groups is 2. The Labute approximate surface area is 89.8 Å². The molecular weight excluding hydrogens is 192 g/mol. The van der Waals surface area contributed by atoms with Crippen molar-refractivity contribution < 1.29 is 14.3 Å². The second-order valence-electron chi connectivity index (χ2n) is 3.62. The molecule has 0 atom stereocenters. The molecule has 0 unspecified atom stereocenters. The fourth-order valence-corrected chi connectivity index (χ4v) is 1.62. The number of unbranched alkanes of at least 4 members (excludes halogenated alkanes) is 1. The summed E-state index contributed by atoms with van der Waals surface area (Å²) in [6.45, 7) is 3.69. The van der Waals surface area contributed by atoms with E-state index in [2.05, 4.69) is 6.92 Å². The van der Waals surface area contributed by atoms with Gasteiger partial charge in [0.2, 0.25) is 5.78 Å². The molecule has 0 radical (unpaired) electrons. The fraction of sp³-hybridized carbons (Fsp3) is 0.500. The Kier molecular flexibility index (Phi) is 3.83. The molecule has 0 fully saturated rings. The average Bonchev–Trinajstić information content (AvgIpc) is 2.22. The largest absolute Gasteiger partial charge is 0.492 e. The van der Waals surface area contributed by atoms with Crippen LogP contribution < -0.4 is 0 Å². The van der Waals surface area contributed by atoms with Crippen molar-refractivity contribution in [1.82, 2.24) is 0 Å². The first-order chi connectivity index (χ1) is 7.11. The Hall–Kier alpha value is -1.38. The zero-order chi connectivity index (χ0) is 11.4. The maximum Gasteiger partial charge on any atom is 0.221 e. The SMILES string of the molecule is CCCCC1=CC(=O)C(OC)=C(C)C1=O. The number of rotatable bonds is 4. The fourth-order valence-electron chi connectivity index (χ4n) is 1.62. The second-order valence-corrected chi connectivity index (χ2v) is 3.62. The van der Waals surface area contributed by atoms with Gasteiger partial charge in [-0.25, -0.2) is 0 Å². The van der Waals surface area contributed by atoms with Gasteiger partial charge in [-0.05, 0) is 25.8 Å². The Morgan fingerprint density at radius 3 is 2.53 bits per heavy atom. The summed E-state index contributed by atoms with van der Waals surface area (Å²) < 4.78 is 4.90. The van der Waals surface area contributed by atoms with Crippen molar-refractivity contribution in [2.24, 2.45) is 0 Å². The third-order valence-electron chi connectivity index (χ3n) is 2.51. The first-order valence-corrected chi connectivity index (χ1v) is 5.16. The summed E-state index contributed by atoms with van der Waals surface area (Å²) in [6, 6.07) is 0. The molecule has 0 bridgehead atoms. The summed E-state index contributed by atoms with van der Waals surface area (Å²) >= 11 is 0. The van der Waals surface area contributed by atoms with Crippen molar-refractivity contribution in [3.63, 3.8) is 0 Å². The molecule has 0 aromatic rings. The van der Waals surface area contributed by atoms with Crippen LogP contribution in [0.1, 0.15) is 33.1 Å². The zero-order valence-electron chi connectivity index (χ0n) is 9.42. The molecule has 3 nitrogen and oxygen atoms in total. The van der Waals surface area contributed by atoms with Gasteiger partial charge in [-0.1, -0.05) is 13.3 Å². The number of Topliss-reactive ketones (excluding diaryl/α,β-unsaturated/α-hetero) is 1. The highest BCUT2D eigenvalue weighted by Crippen LogP contribution is 2.22. The normalized spacial score (nSPS) is 16.9. The maximum atomic E-state index is 11.8. The van der Waals surface area contributed by atoms with Crippen LogP contribution in [0, 0.1) is 0 Å². The van der Waals surface area contributed by atoms with E-state index >= 15 is 0 Å². The molecule has 1 rings (SSSR count). The van der Waals surface area contributed by atoms with Gasteiger partial charge >= 0.3 is 0 Å². The zero-order valence-corrected chi connectivity index (χ0v) is 9.42. The molecular formula is C12H16O3. The molecule has 0 aromatic heterocycles. The lowest BCUT2D eigenvalue weighted by Crippen LogP contribution is -2.18. The van der Waals surface area contributed by atoms with Gasteiger partial charge in [0.05, 0.1) is 7.11 Å². The standard InChI is InChI=1S/C12H16O3/c1-4-5-6-9-7-10(13)12(15-3)8(2)11(9)14/h7H,4-6H2,1-3H3. The van der Waals surface area contributed by atoms with Crippen molar-refractivity contribution in [3.05, 3.63) is 23.0 Å². The third kappa shape index (κ3) is 2.35. The van der Waals surface area contributed by atoms with E-state index < -0.39 is 0 Å². The van der Waals surface area contributed by atoms with Gasteiger partial charge in [-0.15, -0.1) is 0 Å². The van der Waals surface area contributed by atoms with Crippen molar-refractivity contribution in [2.45, 2.75) is 33.1 Å². The minimum atomic E-state index is -0.194. The molecule has 1 aliphatic rings. The molecule has 0 aliphatic heterocycles. The van der Waals surface area contributed by atoms with Gasteiger partial charge < -0.3 is 4.74 Å². The minimum Gasteiger partial charge on any atom is -0.492 e. The molecule has 0 heterocycles. The van der Waals surface area contributed by atoms with Crippen LogP contribution in [0.4, 0.5) is 0 Å². The minimum absolute atomic E-state index is 0.0556. The van der Waals surface area contributed by atoms with Crippen molar-refractivity contribution in [3.8, 4) is 0 Å². The van der Waals surface area contributed by atoms with Gasteiger partial charge in [0.1, 0.15) is 0 Å². The Morgan fingerprint density at radius 1 is 1.33 bits per heavy atom. The van der Waals surface area contributed by atoms with E-state index in [9.17, 15) is 9.59 Å². The Balaban J connectivity index is 2.90. The quantitative estimate of drug-likeness (QED) is 0.665. The number of hydrogen-bond acceptors (Lipinski definition) is 3. The van der Waals surface area contributed by atoms with Crippen LogP contribution in [0.3, 0.4) is 0 Å². The van der Waals surface area contributed by atoms with Crippen LogP contribution in [0.15, 0.2) is 23.0 Å². The van der Waals surface area contributed by atoms with Gasteiger partial charge in [-0.2, -0.15) is 0 Å².